The monoisotopic (exact) mass is 410 g/mol. The van der Waals surface area contributed by atoms with Crippen molar-refractivity contribution < 1.29 is 9.18 Å². The first kappa shape index (κ1) is 19.8. The number of halogens is 1. The van der Waals surface area contributed by atoms with Crippen LogP contribution in [0.25, 0.3) is 0 Å². The number of thioether (sulfide) groups is 1. The predicted molar refractivity (Wildman–Crippen MR) is 117 cm³/mol. The van der Waals surface area contributed by atoms with E-state index in [1.165, 1.54) is 17.8 Å². The van der Waals surface area contributed by atoms with Gasteiger partial charge in [-0.2, -0.15) is 0 Å². The van der Waals surface area contributed by atoms with E-state index < -0.39 is 11.5 Å². The van der Waals surface area contributed by atoms with Crippen molar-refractivity contribution in [2.45, 2.75) is 18.5 Å². The molecule has 0 saturated carbocycles. The summed E-state index contributed by atoms with van der Waals surface area (Å²) in [6.07, 6.45) is 1.73. The minimum absolute atomic E-state index is 0.148. The van der Waals surface area contributed by atoms with Gasteiger partial charge in [-0.25, -0.2) is 9.38 Å². The molecule has 0 aliphatic carbocycles. The lowest BCUT2D eigenvalue weighted by atomic mass is 9.99. The van der Waals surface area contributed by atoms with Gasteiger partial charge in [0.25, 0.3) is 0 Å². The van der Waals surface area contributed by atoms with Crippen LogP contribution in [-0.4, -0.2) is 53.1 Å². The molecule has 2 aliphatic rings. The third-order valence-electron chi connectivity index (χ3n) is 5.16. The summed E-state index contributed by atoms with van der Waals surface area (Å²) >= 11 is 1.36. The van der Waals surface area contributed by atoms with E-state index in [0.29, 0.717) is 0 Å². The Morgan fingerprint density at radius 1 is 1.10 bits per heavy atom. The standard InChI is InChI=1S/C22H23FN4OS/c1-27-13-11-22(12-14-27)25-20(16-7-3-2-4-8-16)21(26-22)29-15-19(28)24-18-10-6-5-9-17(18)23/h2-10H,11-15H2,1H3,(H,24,28). The number of piperidine rings is 1. The number of benzene rings is 2. The summed E-state index contributed by atoms with van der Waals surface area (Å²) in [5.74, 6) is -0.560. The second-order valence-electron chi connectivity index (χ2n) is 7.35. The molecule has 150 valence electrons. The van der Waals surface area contributed by atoms with Crippen LogP contribution in [0.4, 0.5) is 10.1 Å². The Labute approximate surface area is 174 Å². The van der Waals surface area contributed by atoms with Gasteiger partial charge in [-0.3, -0.25) is 9.79 Å². The number of amides is 1. The minimum Gasteiger partial charge on any atom is -0.323 e. The average molecular weight is 411 g/mol. The lowest BCUT2D eigenvalue weighted by molar-refractivity contribution is -0.113. The summed E-state index contributed by atoms with van der Waals surface area (Å²) in [6, 6.07) is 16.1. The number of nitrogens with zero attached hydrogens (tertiary/aromatic N) is 3. The predicted octanol–water partition coefficient (Wildman–Crippen LogP) is 3.82. The zero-order valence-corrected chi connectivity index (χ0v) is 17.1. The van der Waals surface area contributed by atoms with Crippen LogP contribution < -0.4 is 5.32 Å². The van der Waals surface area contributed by atoms with Gasteiger partial charge in [0.1, 0.15) is 10.9 Å². The fraction of sp³-hybridized carbons (Fsp3) is 0.318. The molecule has 7 heteroatoms. The second kappa shape index (κ2) is 8.47. The van der Waals surface area contributed by atoms with Crippen LogP contribution in [0.1, 0.15) is 18.4 Å². The number of rotatable bonds is 4. The molecule has 1 fully saturated rings. The van der Waals surface area contributed by atoms with Gasteiger partial charge in [-0.05, 0) is 19.2 Å². The van der Waals surface area contributed by atoms with E-state index in [4.69, 9.17) is 9.98 Å². The second-order valence-corrected chi connectivity index (χ2v) is 8.31. The van der Waals surface area contributed by atoms with Crippen LogP contribution in [0, 0.1) is 5.82 Å². The van der Waals surface area contributed by atoms with Crippen LogP contribution in [0.2, 0.25) is 0 Å². The number of carbonyl (C=O) groups is 1. The molecule has 1 spiro atoms. The Bertz CT molecular complexity index is 952. The number of aliphatic imine (C=N–C) groups is 2. The van der Waals surface area contributed by atoms with Crippen LogP contribution in [0.3, 0.4) is 0 Å². The highest BCUT2D eigenvalue weighted by molar-refractivity contribution is 8.16. The van der Waals surface area contributed by atoms with Crippen LogP contribution in [-0.2, 0) is 4.79 Å². The largest absolute Gasteiger partial charge is 0.323 e. The van der Waals surface area contributed by atoms with Gasteiger partial charge in [0.05, 0.1) is 17.2 Å². The van der Waals surface area contributed by atoms with E-state index >= 15 is 0 Å². The maximum absolute atomic E-state index is 13.8. The first-order valence-electron chi connectivity index (χ1n) is 9.66. The fourth-order valence-corrected chi connectivity index (χ4v) is 4.37. The van der Waals surface area contributed by atoms with Gasteiger partial charge in [-0.15, -0.1) is 0 Å². The number of likely N-dealkylation sites (tertiary alicyclic amines) is 1. The summed E-state index contributed by atoms with van der Waals surface area (Å²) in [7, 11) is 2.11. The number of nitrogens with one attached hydrogen (secondary N) is 1. The molecule has 1 N–H and O–H groups in total. The van der Waals surface area contributed by atoms with Crippen LogP contribution in [0.15, 0.2) is 64.6 Å². The summed E-state index contributed by atoms with van der Waals surface area (Å²) < 4.78 is 13.8. The molecule has 29 heavy (non-hydrogen) atoms. The zero-order valence-electron chi connectivity index (χ0n) is 16.3. The molecule has 5 nitrogen and oxygen atoms in total. The van der Waals surface area contributed by atoms with Gasteiger partial charge < -0.3 is 10.2 Å². The third-order valence-corrected chi connectivity index (χ3v) is 6.12. The van der Waals surface area contributed by atoms with Gasteiger partial charge in [0, 0.05) is 31.5 Å². The van der Waals surface area contributed by atoms with Crippen molar-refractivity contribution in [3.8, 4) is 0 Å². The van der Waals surface area contributed by atoms with Gasteiger partial charge in [0.2, 0.25) is 5.91 Å². The summed E-state index contributed by atoms with van der Waals surface area (Å²) in [6.45, 7) is 1.89. The molecule has 4 rings (SSSR count). The molecule has 0 unspecified atom stereocenters. The molecule has 1 amide bonds. The molecule has 2 aromatic rings. The fourth-order valence-electron chi connectivity index (χ4n) is 3.49. The average Bonchev–Trinajstić information content (AvgIpc) is 3.10. The number of carbonyl (C=O) groups excluding carboxylic acids is 1. The molecule has 2 aliphatic heterocycles. The van der Waals surface area contributed by atoms with Crippen molar-refractivity contribution in [1.29, 1.82) is 0 Å². The number of hydrogen-bond donors (Lipinski definition) is 1. The van der Waals surface area contributed by atoms with Crippen molar-refractivity contribution in [3.05, 3.63) is 66.0 Å². The zero-order chi connectivity index (χ0) is 20.3. The highest BCUT2D eigenvalue weighted by atomic mass is 32.2. The molecule has 2 heterocycles. The van der Waals surface area contributed by atoms with Crippen LogP contribution in [0.5, 0.6) is 0 Å². The molecular weight excluding hydrogens is 387 g/mol. The number of anilines is 1. The Morgan fingerprint density at radius 2 is 1.79 bits per heavy atom. The molecule has 2 aromatic carbocycles. The van der Waals surface area contributed by atoms with E-state index in [1.807, 2.05) is 30.3 Å². The van der Waals surface area contributed by atoms with Crippen molar-refractivity contribution in [2.24, 2.45) is 9.98 Å². The van der Waals surface area contributed by atoms with Gasteiger partial charge in [-0.1, -0.05) is 54.2 Å². The normalized spacial score (nSPS) is 18.4. The summed E-state index contributed by atoms with van der Waals surface area (Å²) in [4.78, 5) is 24.6. The van der Waals surface area contributed by atoms with E-state index in [2.05, 4.69) is 17.3 Å². The van der Waals surface area contributed by atoms with E-state index in [9.17, 15) is 9.18 Å². The molecule has 0 aromatic heterocycles. The highest BCUT2D eigenvalue weighted by Gasteiger charge is 2.39. The lowest BCUT2D eigenvalue weighted by Crippen LogP contribution is -2.39. The van der Waals surface area contributed by atoms with Crippen molar-refractivity contribution in [1.82, 2.24) is 4.90 Å². The van der Waals surface area contributed by atoms with E-state index in [1.54, 1.807) is 18.2 Å². The summed E-state index contributed by atoms with van der Waals surface area (Å²) in [5, 5.41) is 3.41. The third kappa shape index (κ3) is 4.57. The topological polar surface area (TPSA) is 57.1 Å². The Hall–Kier alpha value is -2.51. The smallest absolute Gasteiger partial charge is 0.234 e. The SMILES string of the molecule is CN1CCC2(CC1)N=C(SCC(=O)Nc1ccccc1F)C(c1ccccc1)=N2. The highest BCUT2D eigenvalue weighted by Crippen LogP contribution is 2.35. The maximum Gasteiger partial charge on any atom is 0.234 e. The first-order chi connectivity index (χ1) is 14.0. The summed E-state index contributed by atoms with van der Waals surface area (Å²) in [5.41, 5.74) is 1.61. The Morgan fingerprint density at radius 3 is 2.52 bits per heavy atom. The first-order valence-corrected chi connectivity index (χ1v) is 10.6. The number of hydrogen-bond acceptors (Lipinski definition) is 5. The minimum atomic E-state index is -0.444. The van der Waals surface area contributed by atoms with Crippen molar-refractivity contribution >= 4 is 34.1 Å². The molecule has 0 radical (unpaired) electrons. The van der Waals surface area contributed by atoms with Gasteiger partial charge >= 0.3 is 0 Å². The molecule has 0 bridgehead atoms. The Balaban J connectivity index is 1.50. The van der Waals surface area contributed by atoms with Crippen LogP contribution >= 0.6 is 11.8 Å². The van der Waals surface area contributed by atoms with Gasteiger partial charge in [0.15, 0.2) is 5.66 Å². The Kier molecular flexibility index (Phi) is 5.78. The number of para-hydroxylation sites is 1. The molecule has 0 atom stereocenters. The van der Waals surface area contributed by atoms with E-state index in [-0.39, 0.29) is 17.3 Å². The van der Waals surface area contributed by atoms with Crippen molar-refractivity contribution in [3.63, 3.8) is 0 Å². The molecular formula is C22H23FN4OS. The quantitative estimate of drug-likeness (QED) is 0.834. The molecule has 1 saturated heterocycles. The van der Waals surface area contributed by atoms with Crippen molar-refractivity contribution in [2.75, 3.05) is 31.2 Å². The maximum atomic E-state index is 13.8. The lowest BCUT2D eigenvalue weighted by Gasteiger charge is -2.33. The van der Waals surface area contributed by atoms with E-state index in [0.717, 1.165) is 42.3 Å².